The first kappa shape index (κ1) is 33.9. The van der Waals surface area contributed by atoms with Crippen LogP contribution in [0.2, 0.25) is 0 Å². The van der Waals surface area contributed by atoms with Crippen molar-refractivity contribution >= 4 is 46.4 Å². The fourth-order valence-corrected chi connectivity index (χ4v) is 4.90. The van der Waals surface area contributed by atoms with Crippen molar-refractivity contribution in [3.63, 3.8) is 0 Å². The standard InChI is InChI=1S/2C15H22ClNO2/c2*1-5-13-8-6-7-11(2)15(13)17(14(18)9-16)12(3)10-19-4/h2*6-8,12H,5,9-10H2,1-4H3. The van der Waals surface area contributed by atoms with E-state index in [-0.39, 0.29) is 35.7 Å². The number of aryl methyl sites for hydroxylation is 4. The van der Waals surface area contributed by atoms with E-state index >= 15 is 0 Å². The number of anilines is 2. The number of rotatable bonds is 12. The summed E-state index contributed by atoms with van der Waals surface area (Å²) in [4.78, 5) is 27.9. The Morgan fingerprint density at radius 2 is 1.08 bits per heavy atom. The van der Waals surface area contributed by atoms with Gasteiger partial charge in [-0.2, -0.15) is 0 Å². The van der Waals surface area contributed by atoms with Crippen molar-refractivity contribution in [1.82, 2.24) is 0 Å². The Morgan fingerprint density at radius 3 is 1.34 bits per heavy atom. The number of hydrogen-bond acceptors (Lipinski definition) is 4. The molecule has 0 N–H and O–H groups in total. The molecule has 2 atom stereocenters. The zero-order valence-corrected chi connectivity index (χ0v) is 25.7. The Hall–Kier alpha value is -2.12. The lowest BCUT2D eigenvalue weighted by atomic mass is 10.0. The average Bonchev–Trinajstić information content (AvgIpc) is 2.91. The van der Waals surface area contributed by atoms with Crippen LogP contribution in [0.5, 0.6) is 0 Å². The molecule has 2 rings (SSSR count). The summed E-state index contributed by atoms with van der Waals surface area (Å²) in [6.45, 7) is 13.1. The van der Waals surface area contributed by atoms with Gasteiger partial charge >= 0.3 is 0 Å². The van der Waals surface area contributed by atoms with Gasteiger partial charge in [-0.15, -0.1) is 23.2 Å². The highest BCUT2D eigenvalue weighted by Crippen LogP contribution is 2.29. The maximum absolute atomic E-state index is 12.2. The minimum absolute atomic E-state index is 0.0223. The highest BCUT2D eigenvalue weighted by Gasteiger charge is 2.25. The van der Waals surface area contributed by atoms with Crippen LogP contribution >= 0.6 is 23.2 Å². The fourth-order valence-electron chi connectivity index (χ4n) is 4.64. The first-order valence-electron chi connectivity index (χ1n) is 13.0. The third-order valence-corrected chi connectivity index (χ3v) is 6.81. The number of methoxy groups -OCH3 is 2. The molecular weight excluding hydrogens is 523 g/mol. The molecule has 6 nitrogen and oxygen atoms in total. The number of alkyl halides is 2. The quantitative estimate of drug-likeness (QED) is 0.282. The van der Waals surface area contributed by atoms with E-state index < -0.39 is 0 Å². The van der Waals surface area contributed by atoms with Crippen LogP contribution in [0.15, 0.2) is 36.4 Å². The summed E-state index contributed by atoms with van der Waals surface area (Å²) in [5, 5.41) is 0. The highest BCUT2D eigenvalue weighted by atomic mass is 35.5. The second-order valence-electron chi connectivity index (χ2n) is 9.28. The second kappa shape index (κ2) is 17.5. The molecule has 0 heterocycles. The molecule has 0 aliphatic heterocycles. The zero-order chi connectivity index (χ0) is 28.8. The number of ether oxygens (including phenoxy) is 2. The van der Waals surface area contributed by atoms with Gasteiger partial charge in [0.05, 0.1) is 36.7 Å². The normalized spacial score (nSPS) is 12.3. The molecule has 0 bridgehead atoms. The number of halogens is 2. The Balaban J connectivity index is 0.000000380. The molecule has 8 heteroatoms. The van der Waals surface area contributed by atoms with Crippen molar-refractivity contribution < 1.29 is 19.1 Å². The van der Waals surface area contributed by atoms with Gasteiger partial charge in [0, 0.05) is 14.2 Å². The summed E-state index contributed by atoms with van der Waals surface area (Å²) < 4.78 is 10.4. The smallest absolute Gasteiger partial charge is 0.242 e. The molecule has 2 aromatic carbocycles. The van der Waals surface area contributed by atoms with Gasteiger partial charge in [-0.25, -0.2) is 0 Å². The number of amides is 2. The van der Waals surface area contributed by atoms with Gasteiger partial charge in [-0.1, -0.05) is 50.2 Å². The number of para-hydroxylation sites is 2. The molecule has 0 radical (unpaired) electrons. The highest BCUT2D eigenvalue weighted by molar-refractivity contribution is 6.30. The van der Waals surface area contributed by atoms with E-state index in [1.165, 1.54) is 0 Å². The summed E-state index contributed by atoms with van der Waals surface area (Å²) >= 11 is 11.5. The van der Waals surface area contributed by atoms with Crippen molar-refractivity contribution in [2.45, 2.75) is 66.5 Å². The number of hydrogen-bond donors (Lipinski definition) is 0. The van der Waals surface area contributed by atoms with E-state index in [1.54, 1.807) is 24.0 Å². The Bertz CT molecular complexity index is 950. The summed E-state index contributed by atoms with van der Waals surface area (Å²) in [5.41, 5.74) is 6.42. The van der Waals surface area contributed by atoms with Crippen molar-refractivity contribution in [3.05, 3.63) is 58.7 Å². The number of carbonyl (C=O) groups excluding carboxylic acids is 2. The Labute approximate surface area is 239 Å². The Kier molecular flexibility index (Phi) is 15.6. The van der Waals surface area contributed by atoms with Gasteiger partial charge < -0.3 is 19.3 Å². The predicted molar refractivity (Wildman–Crippen MR) is 160 cm³/mol. The van der Waals surface area contributed by atoms with E-state index in [9.17, 15) is 9.59 Å². The minimum atomic E-state index is -0.0878. The van der Waals surface area contributed by atoms with Crippen molar-refractivity contribution in [1.29, 1.82) is 0 Å². The van der Waals surface area contributed by atoms with Gasteiger partial charge in [0.2, 0.25) is 11.8 Å². The lowest BCUT2D eigenvalue weighted by molar-refractivity contribution is -0.117. The molecule has 0 aliphatic rings. The molecule has 0 aromatic heterocycles. The largest absolute Gasteiger partial charge is 0.383 e. The van der Waals surface area contributed by atoms with Gasteiger partial charge in [-0.3, -0.25) is 9.59 Å². The monoisotopic (exact) mass is 566 g/mol. The lowest BCUT2D eigenvalue weighted by Crippen LogP contribution is -2.43. The summed E-state index contributed by atoms with van der Waals surface area (Å²) in [7, 11) is 3.27. The van der Waals surface area contributed by atoms with Crippen LogP contribution in [0.1, 0.15) is 49.9 Å². The van der Waals surface area contributed by atoms with Gasteiger partial charge in [-0.05, 0) is 62.8 Å². The minimum Gasteiger partial charge on any atom is -0.383 e. The SMILES string of the molecule is CCc1cccc(C)c1N(C(=O)CCl)C(C)COC.CCc1cccc(C)c1N(C(=O)CCl)C(C)COC. The van der Waals surface area contributed by atoms with Crippen LogP contribution in [0.25, 0.3) is 0 Å². The van der Waals surface area contributed by atoms with Crippen LogP contribution in [0.3, 0.4) is 0 Å². The molecule has 2 aromatic rings. The van der Waals surface area contributed by atoms with Gasteiger partial charge in [0.15, 0.2) is 0 Å². The topological polar surface area (TPSA) is 59.1 Å². The third-order valence-electron chi connectivity index (χ3n) is 6.35. The molecule has 0 aliphatic carbocycles. The molecule has 2 unspecified atom stereocenters. The number of nitrogens with zero attached hydrogens (tertiary/aromatic N) is 2. The van der Waals surface area contributed by atoms with Crippen LogP contribution in [0.4, 0.5) is 11.4 Å². The van der Waals surface area contributed by atoms with Crippen molar-refractivity contribution in [3.8, 4) is 0 Å². The molecule has 2 amide bonds. The predicted octanol–water partition coefficient (Wildman–Crippen LogP) is 6.33. The summed E-state index contributed by atoms with van der Waals surface area (Å²) in [6.07, 6.45) is 1.76. The van der Waals surface area contributed by atoms with E-state index in [4.69, 9.17) is 32.7 Å². The average molecular weight is 568 g/mol. The molecule has 0 spiro atoms. The molecular formula is C30H44Cl2N2O4. The number of benzene rings is 2. The second-order valence-corrected chi connectivity index (χ2v) is 9.81. The number of carbonyl (C=O) groups is 2. The molecule has 212 valence electrons. The maximum Gasteiger partial charge on any atom is 0.242 e. The van der Waals surface area contributed by atoms with E-state index in [2.05, 4.69) is 26.0 Å². The molecule has 38 heavy (non-hydrogen) atoms. The van der Waals surface area contributed by atoms with Crippen molar-refractivity contribution in [2.24, 2.45) is 0 Å². The first-order chi connectivity index (χ1) is 18.1. The molecule has 0 fully saturated rings. The zero-order valence-electron chi connectivity index (χ0n) is 24.1. The fraction of sp³-hybridized carbons (Fsp3) is 0.533. The van der Waals surface area contributed by atoms with Gasteiger partial charge in [0.25, 0.3) is 0 Å². The first-order valence-corrected chi connectivity index (χ1v) is 14.1. The molecule has 0 saturated heterocycles. The van der Waals surface area contributed by atoms with E-state index in [1.807, 2.05) is 52.0 Å². The third kappa shape index (κ3) is 8.98. The van der Waals surface area contributed by atoms with Crippen LogP contribution < -0.4 is 9.80 Å². The van der Waals surface area contributed by atoms with Crippen LogP contribution in [-0.4, -0.2) is 63.1 Å². The summed E-state index contributed by atoms with van der Waals surface area (Å²) in [5.74, 6) is -0.220. The maximum atomic E-state index is 12.2. The van der Waals surface area contributed by atoms with Gasteiger partial charge in [0.1, 0.15) is 11.8 Å². The summed E-state index contributed by atoms with van der Waals surface area (Å²) in [6, 6.07) is 12.1. The van der Waals surface area contributed by atoms with Crippen LogP contribution in [0, 0.1) is 13.8 Å². The lowest BCUT2D eigenvalue weighted by Gasteiger charge is -2.31. The van der Waals surface area contributed by atoms with Crippen LogP contribution in [-0.2, 0) is 31.9 Å². The molecule has 0 saturated carbocycles. The Morgan fingerprint density at radius 1 is 0.737 bits per heavy atom. The van der Waals surface area contributed by atoms with E-state index in [0.717, 1.165) is 46.5 Å². The van der Waals surface area contributed by atoms with Crippen molar-refractivity contribution in [2.75, 3.05) is 49.0 Å². The van der Waals surface area contributed by atoms with E-state index in [0.29, 0.717) is 13.2 Å².